The molecule has 5 aliphatic heterocycles. The van der Waals surface area contributed by atoms with Crippen LogP contribution in [0.4, 0.5) is 0 Å². The molecule has 0 aromatic heterocycles. The van der Waals surface area contributed by atoms with Gasteiger partial charge in [0.05, 0.1) is 24.1 Å². The number of esters is 1. The molecule has 1 spiro atoms. The summed E-state index contributed by atoms with van der Waals surface area (Å²) < 4.78 is 11.3. The fourth-order valence-corrected chi connectivity index (χ4v) is 9.05. The summed E-state index contributed by atoms with van der Waals surface area (Å²) in [6.07, 6.45) is 4.05. The Morgan fingerprint density at radius 1 is 1.11 bits per heavy atom. The van der Waals surface area contributed by atoms with Gasteiger partial charge in [0.25, 0.3) is 11.8 Å². The van der Waals surface area contributed by atoms with E-state index in [4.69, 9.17) is 9.47 Å². The first-order chi connectivity index (χ1) is 17.8. The summed E-state index contributed by atoms with van der Waals surface area (Å²) in [4.78, 5) is 41.9. The van der Waals surface area contributed by atoms with Crippen molar-refractivity contribution in [2.75, 3.05) is 7.05 Å². The Labute approximate surface area is 220 Å². The third-order valence-electron chi connectivity index (χ3n) is 7.16. The third kappa shape index (κ3) is 3.44. The molecule has 0 saturated carbocycles. The average molecular weight is 539 g/mol. The minimum Gasteiger partial charge on any atom is -0.504 e. The van der Waals surface area contributed by atoms with E-state index in [1.165, 1.54) is 52.3 Å². The van der Waals surface area contributed by atoms with Gasteiger partial charge < -0.3 is 29.5 Å². The highest BCUT2D eigenvalue weighted by molar-refractivity contribution is 8.78. The summed E-state index contributed by atoms with van der Waals surface area (Å²) in [7, 11) is 4.43. The lowest BCUT2D eigenvalue weighted by Gasteiger charge is -2.58. The number of rotatable bonds is 4. The molecule has 4 saturated heterocycles. The Morgan fingerprint density at radius 3 is 2.65 bits per heavy atom. The third-order valence-corrected chi connectivity index (χ3v) is 10.8. The summed E-state index contributed by atoms with van der Waals surface area (Å²) in [5.74, 6) is -1.99. The maximum Gasteiger partial charge on any atom is 0.338 e. The number of carbonyl (C=O) groups excluding carboxylic acids is 3. The van der Waals surface area contributed by atoms with Crippen LogP contribution in [-0.2, 0) is 25.5 Å². The van der Waals surface area contributed by atoms with Gasteiger partial charge in [0, 0.05) is 19.9 Å². The zero-order chi connectivity index (χ0) is 25.9. The fraction of sp³-hybridized carbons (Fsp3) is 0.269. The molecule has 0 unspecified atom stereocenters. The van der Waals surface area contributed by atoms with E-state index < -0.39 is 33.6 Å². The van der Waals surface area contributed by atoms with E-state index >= 15 is 0 Å². The van der Waals surface area contributed by atoms with Gasteiger partial charge in [-0.05, 0) is 35.4 Å². The molecule has 2 amide bonds. The lowest BCUT2D eigenvalue weighted by molar-refractivity contribution is -0.166. The second-order valence-corrected chi connectivity index (χ2v) is 12.0. The monoisotopic (exact) mass is 538 g/mol. The number of amides is 2. The predicted octanol–water partition coefficient (Wildman–Crippen LogP) is 3.15. The second-order valence-electron chi connectivity index (χ2n) is 9.29. The van der Waals surface area contributed by atoms with Crippen molar-refractivity contribution in [2.24, 2.45) is 0 Å². The first-order valence-electron chi connectivity index (χ1n) is 11.5. The minimum atomic E-state index is -1.18. The van der Waals surface area contributed by atoms with Gasteiger partial charge in [-0.15, -0.1) is 0 Å². The van der Waals surface area contributed by atoms with Crippen LogP contribution in [0, 0.1) is 0 Å². The number of nitrogens with zero attached hydrogens (tertiary/aromatic N) is 2. The average Bonchev–Trinajstić information content (AvgIpc) is 3.12. The largest absolute Gasteiger partial charge is 0.504 e. The lowest BCUT2D eigenvalue weighted by Crippen LogP contribution is -2.77. The summed E-state index contributed by atoms with van der Waals surface area (Å²) in [6, 6.07) is 12.4. The van der Waals surface area contributed by atoms with Gasteiger partial charge in [-0.1, -0.05) is 51.9 Å². The number of aromatic hydroxyl groups is 2. The van der Waals surface area contributed by atoms with E-state index in [1.807, 2.05) is 30.3 Å². The zero-order valence-electron chi connectivity index (χ0n) is 19.6. The quantitative estimate of drug-likeness (QED) is 0.344. The Bertz CT molecular complexity index is 1380. The smallest absolute Gasteiger partial charge is 0.338 e. The van der Waals surface area contributed by atoms with Crippen LogP contribution in [0.3, 0.4) is 0 Å². The first kappa shape index (κ1) is 23.8. The molecule has 4 atom stereocenters. The number of carbonyl (C=O) groups is 3. The molecule has 4 fully saturated rings. The Hall–Kier alpha value is -3.57. The number of piperazine rings is 1. The Kier molecular flexibility index (Phi) is 5.46. The molecule has 5 heterocycles. The number of hydrogen-bond acceptors (Lipinski definition) is 9. The lowest BCUT2D eigenvalue weighted by atomic mass is 9.97. The van der Waals surface area contributed by atoms with Crippen LogP contribution >= 0.6 is 21.6 Å². The van der Waals surface area contributed by atoms with E-state index in [2.05, 4.69) is 0 Å². The standard InChI is InChI=1S/C26H22N2O7S2/c1-27-23(32)26-13-17-14-34-10-9-20(35-22(31)16-7-8-18(29)19(30)11-16)21(17)28(26)24(33)25(27,36-37-26)12-15-5-3-2-4-6-15/h2-11,14,20-21,29-30H,12-13H2,1H3/t20-,21-,25-,26+/m0/s1. The molecular formula is C26H22N2O7S2. The molecule has 190 valence electrons. The summed E-state index contributed by atoms with van der Waals surface area (Å²) in [6.45, 7) is 0. The number of phenolic OH excluding ortho intramolecular Hbond substituents is 2. The van der Waals surface area contributed by atoms with Gasteiger partial charge in [-0.3, -0.25) is 9.59 Å². The predicted molar refractivity (Wildman–Crippen MR) is 136 cm³/mol. The molecule has 7 rings (SSSR count). The van der Waals surface area contributed by atoms with Crippen LogP contribution in [0.25, 0.3) is 0 Å². The summed E-state index contributed by atoms with van der Waals surface area (Å²) >= 11 is 0. The van der Waals surface area contributed by atoms with Crippen LogP contribution < -0.4 is 0 Å². The minimum absolute atomic E-state index is 0.0277. The number of hydrogen-bond donors (Lipinski definition) is 2. The van der Waals surface area contributed by atoms with Gasteiger partial charge in [-0.25, -0.2) is 4.79 Å². The van der Waals surface area contributed by atoms with Crippen molar-refractivity contribution < 1.29 is 34.1 Å². The van der Waals surface area contributed by atoms with Gasteiger partial charge in [0.1, 0.15) is 6.10 Å². The number of benzene rings is 2. The van der Waals surface area contributed by atoms with Crippen LogP contribution in [0.2, 0.25) is 0 Å². The number of fused-ring (bicyclic) bond motifs is 3. The van der Waals surface area contributed by atoms with Gasteiger partial charge >= 0.3 is 5.97 Å². The van der Waals surface area contributed by atoms with E-state index in [0.29, 0.717) is 12.0 Å². The fourth-order valence-electron chi connectivity index (χ4n) is 5.28. The maximum absolute atomic E-state index is 14.3. The molecule has 5 aliphatic rings. The number of ether oxygens (including phenoxy) is 2. The van der Waals surface area contributed by atoms with E-state index in [9.17, 15) is 24.6 Å². The van der Waals surface area contributed by atoms with Crippen molar-refractivity contribution >= 4 is 39.4 Å². The van der Waals surface area contributed by atoms with Gasteiger partial charge in [-0.2, -0.15) is 0 Å². The highest BCUT2D eigenvalue weighted by atomic mass is 33.1. The highest BCUT2D eigenvalue weighted by Crippen LogP contribution is 2.65. The second kappa shape index (κ2) is 8.49. The molecule has 2 aromatic carbocycles. The van der Waals surface area contributed by atoms with Crippen molar-refractivity contribution in [3.8, 4) is 11.5 Å². The molecule has 2 bridgehead atoms. The van der Waals surface area contributed by atoms with E-state index in [0.717, 1.165) is 11.6 Å². The maximum atomic E-state index is 14.3. The van der Waals surface area contributed by atoms with E-state index in [1.54, 1.807) is 16.8 Å². The van der Waals surface area contributed by atoms with Crippen LogP contribution in [0.15, 0.2) is 72.7 Å². The molecule has 9 nitrogen and oxygen atoms in total. The molecule has 37 heavy (non-hydrogen) atoms. The van der Waals surface area contributed by atoms with Crippen molar-refractivity contribution in [2.45, 2.75) is 34.7 Å². The van der Waals surface area contributed by atoms with Crippen molar-refractivity contribution in [3.05, 3.63) is 83.8 Å². The SMILES string of the molecule is CN1C(=O)[C@]23CC4=COC=C[C@H](OC(=O)c5ccc(O)c(O)c5)[C@H]4N2C(=O)[C@]1(Cc1ccccc1)SS3. The number of phenols is 2. The molecular weight excluding hydrogens is 516 g/mol. The molecule has 2 N–H and O–H groups in total. The molecule has 2 aromatic rings. The van der Waals surface area contributed by atoms with Crippen molar-refractivity contribution in [1.29, 1.82) is 0 Å². The Morgan fingerprint density at radius 2 is 1.89 bits per heavy atom. The summed E-state index contributed by atoms with van der Waals surface area (Å²) in [5, 5.41) is 19.4. The normalized spacial score (nSPS) is 29.8. The zero-order valence-corrected chi connectivity index (χ0v) is 21.2. The molecule has 0 aliphatic carbocycles. The summed E-state index contributed by atoms with van der Waals surface area (Å²) in [5.41, 5.74) is 1.61. The topological polar surface area (TPSA) is 117 Å². The Balaban J connectivity index is 1.38. The van der Waals surface area contributed by atoms with Crippen LogP contribution in [-0.4, -0.2) is 66.7 Å². The van der Waals surface area contributed by atoms with Crippen LogP contribution in [0.1, 0.15) is 22.3 Å². The van der Waals surface area contributed by atoms with Gasteiger partial charge in [0.2, 0.25) is 0 Å². The van der Waals surface area contributed by atoms with Crippen molar-refractivity contribution in [1.82, 2.24) is 9.80 Å². The van der Waals surface area contributed by atoms with Crippen molar-refractivity contribution in [3.63, 3.8) is 0 Å². The van der Waals surface area contributed by atoms with E-state index in [-0.39, 0.29) is 29.5 Å². The number of likely N-dealkylation sites (N-methyl/N-ethyl adjacent to an activating group) is 1. The molecule has 11 heteroatoms. The molecule has 0 radical (unpaired) electrons. The first-order valence-corrected chi connectivity index (χ1v) is 13.7. The highest BCUT2D eigenvalue weighted by Gasteiger charge is 2.73. The van der Waals surface area contributed by atoms with Gasteiger partial charge in [0.15, 0.2) is 21.2 Å². The van der Waals surface area contributed by atoms with Crippen LogP contribution in [0.5, 0.6) is 11.5 Å².